The van der Waals surface area contributed by atoms with Gasteiger partial charge in [0.25, 0.3) is 0 Å². The highest BCUT2D eigenvalue weighted by Crippen LogP contribution is 2.72. The van der Waals surface area contributed by atoms with Crippen molar-refractivity contribution in [2.24, 2.45) is 34.5 Å². The summed E-state index contributed by atoms with van der Waals surface area (Å²) >= 11 is 0. The van der Waals surface area contributed by atoms with Gasteiger partial charge in [0, 0.05) is 23.6 Å². The van der Waals surface area contributed by atoms with E-state index in [2.05, 4.69) is 76.4 Å². The van der Waals surface area contributed by atoms with Gasteiger partial charge >= 0.3 is 0 Å². The van der Waals surface area contributed by atoms with E-state index in [9.17, 15) is 20.1 Å². The number of hydrogen-bond acceptors (Lipinski definition) is 9. The van der Waals surface area contributed by atoms with Crippen molar-refractivity contribution >= 4 is 11.5 Å². The number of ketones is 1. The molecule has 8 unspecified atom stereocenters. The average molecular weight is 594 g/mol. The molecule has 0 aromatic heterocycles. The van der Waals surface area contributed by atoms with Crippen molar-refractivity contribution in [2.45, 2.75) is 109 Å². The van der Waals surface area contributed by atoms with E-state index in [4.69, 9.17) is 9.47 Å². The molecule has 0 amide bonds. The second-order valence-electron chi connectivity index (χ2n) is 16.1. The Kier molecular flexibility index (Phi) is 6.11. The summed E-state index contributed by atoms with van der Waals surface area (Å²) in [6.07, 6.45) is 0.804. The second kappa shape index (κ2) is 8.92. The molecule has 234 valence electrons. The molecular weight excluding hydrogens is 546 g/mol. The zero-order valence-corrected chi connectivity index (χ0v) is 26.3. The van der Waals surface area contributed by atoms with Crippen LogP contribution in [0.3, 0.4) is 0 Å². The number of carbonyl (C=O) groups is 1. The molecular formula is C34H47N3O6. The number of ether oxygens (including phenoxy) is 2. The normalized spacial score (nSPS) is 44.4. The molecule has 4 saturated carbocycles. The van der Waals surface area contributed by atoms with E-state index in [1.807, 2.05) is 11.2 Å². The Bertz CT molecular complexity index is 1400. The molecule has 2 heterocycles. The van der Waals surface area contributed by atoms with Gasteiger partial charge in [-0.2, -0.15) is 0 Å². The van der Waals surface area contributed by atoms with Gasteiger partial charge in [0.15, 0.2) is 11.6 Å². The lowest BCUT2D eigenvalue weighted by Crippen LogP contribution is -2.82. The first-order valence-electron chi connectivity index (χ1n) is 15.8. The molecule has 7 rings (SSSR count). The standard InChI is InChI=1S/C34H47N3O6/c1-17-20-13-14-21-24-25(28(40)34(41)33(21,27(17)39)29(20)42-32(7,8)43-34)31(5,6)15-23(26(24)38)37-16-22(35-36-37)18-9-11-19(12-10-18)30(2,3)4/h9-12,16,20-21,23-26,28-29,35-36,38,40-41H,1,13-15H2,2-8H3/t20?,21?,23-,24?,25?,26?,28?,29?,33?,34-/m0/s1. The Morgan fingerprint density at radius 1 is 1.07 bits per heavy atom. The number of benzene rings is 1. The molecule has 1 saturated heterocycles. The van der Waals surface area contributed by atoms with Gasteiger partial charge < -0.3 is 30.2 Å². The van der Waals surface area contributed by atoms with Crippen molar-refractivity contribution in [2.75, 3.05) is 0 Å². The van der Waals surface area contributed by atoms with Crippen molar-refractivity contribution in [3.8, 4) is 0 Å². The van der Waals surface area contributed by atoms with Crippen molar-refractivity contribution in [3.63, 3.8) is 0 Å². The van der Waals surface area contributed by atoms with Crippen LogP contribution in [0.4, 0.5) is 0 Å². The Labute approximate surface area is 254 Å². The molecule has 6 aliphatic rings. The summed E-state index contributed by atoms with van der Waals surface area (Å²) in [4.78, 5) is 14.2. The van der Waals surface area contributed by atoms with Crippen LogP contribution in [0.1, 0.15) is 78.9 Å². The number of nitrogens with one attached hydrogen (secondary N) is 2. The topological polar surface area (TPSA) is 124 Å². The highest BCUT2D eigenvalue weighted by Gasteiger charge is 2.84. The zero-order valence-electron chi connectivity index (χ0n) is 26.3. The molecule has 9 nitrogen and oxygen atoms in total. The van der Waals surface area contributed by atoms with Crippen LogP contribution >= 0.6 is 0 Å². The summed E-state index contributed by atoms with van der Waals surface area (Å²) in [7, 11) is 0. The van der Waals surface area contributed by atoms with Crippen LogP contribution in [0.2, 0.25) is 0 Å². The summed E-state index contributed by atoms with van der Waals surface area (Å²) in [5, 5.41) is 38.9. The van der Waals surface area contributed by atoms with E-state index >= 15 is 0 Å². The van der Waals surface area contributed by atoms with Gasteiger partial charge in [-0.15, -0.1) is 5.53 Å². The first-order valence-corrected chi connectivity index (χ1v) is 15.8. The van der Waals surface area contributed by atoms with E-state index in [0.717, 1.165) is 11.3 Å². The van der Waals surface area contributed by atoms with Crippen LogP contribution in [0.5, 0.6) is 0 Å². The number of aliphatic hydroxyl groups excluding tert-OH is 2. The molecule has 1 aromatic rings. The van der Waals surface area contributed by atoms with Crippen LogP contribution in [0.15, 0.2) is 42.6 Å². The number of fused-ring (bicyclic) bond motifs is 2. The zero-order chi connectivity index (χ0) is 31.1. The lowest BCUT2D eigenvalue weighted by molar-refractivity contribution is -0.486. The van der Waals surface area contributed by atoms with E-state index in [1.165, 1.54) is 5.56 Å². The van der Waals surface area contributed by atoms with Gasteiger partial charge in [-0.3, -0.25) is 9.80 Å². The van der Waals surface area contributed by atoms with Crippen LogP contribution < -0.4 is 11.0 Å². The molecule has 2 aliphatic heterocycles. The van der Waals surface area contributed by atoms with E-state index in [-0.39, 0.29) is 23.2 Å². The Morgan fingerprint density at radius 2 is 1.74 bits per heavy atom. The minimum absolute atomic E-state index is 0.0558. The molecule has 1 aromatic carbocycles. The predicted molar refractivity (Wildman–Crippen MR) is 160 cm³/mol. The quantitative estimate of drug-likeness (QED) is 0.329. The maximum absolute atomic E-state index is 14.2. The second-order valence-corrected chi connectivity index (χ2v) is 16.1. The van der Waals surface area contributed by atoms with Crippen LogP contribution in [-0.4, -0.2) is 62.0 Å². The van der Waals surface area contributed by atoms with Crippen molar-refractivity contribution in [1.82, 2.24) is 16.0 Å². The predicted octanol–water partition coefficient (Wildman–Crippen LogP) is 3.37. The lowest BCUT2D eigenvalue weighted by Gasteiger charge is -2.70. The van der Waals surface area contributed by atoms with E-state index in [1.54, 1.807) is 13.8 Å². The van der Waals surface area contributed by atoms with Crippen molar-refractivity contribution in [3.05, 3.63) is 53.7 Å². The molecule has 43 heavy (non-hydrogen) atoms. The largest absolute Gasteiger partial charge is 0.391 e. The third-order valence-electron chi connectivity index (χ3n) is 11.8. The van der Waals surface area contributed by atoms with Crippen LogP contribution in [0.25, 0.3) is 5.70 Å². The summed E-state index contributed by atoms with van der Waals surface area (Å²) < 4.78 is 12.7. The van der Waals surface area contributed by atoms with Crippen LogP contribution in [-0.2, 0) is 19.7 Å². The summed E-state index contributed by atoms with van der Waals surface area (Å²) in [5.74, 6) is -5.39. The molecule has 10 atom stereocenters. The fraction of sp³-hybridized carbons (Fsp3) is 0.676. The van der Waals surface area contributed by atoms with Crippen LogP contribution in [0, 0.1) is 34.5 Å². The number of Topliss-reactive ketones (excluding diaryl/α,β-unsaturated/α-hetero) is 1. The highest BCUT2D eigenvalue weighted by atomic mass is 16.8. The van der Waals surface area contributed by atoms with Gasteiger partial charge in [-0.05, 0) is 66.9 Å². The molecule has 9 heteroatoms. The minimum atomic E-state index is -2.16. The molecule has 4 aliphatic carbocycles. The summed E-state index contributed by atoms with van der Waals surface area (Å²) in [6.45, 7) is 18.3. The van der Waals surface area contributed by atoms with Gasteiger partial charge in [0.1, 0.15) is 11.5 Å². The number of aliphatic hydroxyl groups is 3. The SMILES string of the molecule is C=C1C(=O)C23C4CCC1C2OC(C)(C)O[C@@]3(O)C(O)C1C4C(O)[C@@H](N2C=C(c3ccc(C(C)(C)C)cc3)NN2)CC1(C)C. The van der Waals surface area contributed by atoms with Gasteiger partial charge in [0.05, 0.1) is 23.9 Å². The Balaban J connectivity index is 1.27. The number of nitrogens with zero attached hydrogens (tertiary/aromatic N) is 1. The fourth-order valence-corrected chi connectivity index (χ4v) is 9.97. The van der Waals surface area contributed by atoms with Crippen molar-refractivity contribution < 1.29 is 29.6 Å². The van der Waals surface area contributed by atoms with Crippen molar-refractivity contribution in [1.29, 1.82) is 0 Å². The average Bonchev–Trinajstić information content (AvgIpc) is 3.44. The maximum Gasteiger partial charge on any atom is 0.211 e. The number of rotatable bonds is 2. The minimum Gasteiger partial charge on any atom is -0.391 e. The first-order chi connectivity index (χ1) is 19.9. The summed E-state index contributed by atoms with van der Waals surface area (Å²) in [5.41, 5.74) is 8.14. The monoisotopic (exact) mass is 593 g/mol. The molecule has 2 bridgehead atoms. The first kappa shape index (κ1) is 29.4. The maximum atomic E-state index is 14.2. The third kappa shape index (κ3) is 3.75. The fourth-order valence-electron chi connectivity index (χ4n) is 9.97. The summed E-state index contributed by atoms with van der Waals surface area (Å²) in [6, 6.07) is 8.12. The van der Waals surface area contributed by atoms with E-state index < -0.39 is 58.5 Å². The van der Waals surface area contributed by atoms with Gasteiger partial charge in [0.2, 0.25) is 5.79 Å². The number of hydrazine groups is 2. The lowest BCUT2D eigenvalue weighted by atomic mass is 9.42. The Morgan fingerprint density at radius 3 is 2.40 bits per heavy atom. The molecule has 5 N–H and O–H groups in total. The molecule has 5 fully saturated rings. The van der Waals surface area contributed by atoms with Gasteiger partial charge in [-0.1, -0.05) is 65.5 Å². The molecule has 1 spiro atoms. The highest BCUT2D eigenvalue weighted by molar-refractivity contribution is 6.05. The third-order valence-corrected chi connectivity index (χ3v) is 11.8. The van der Waals surface area contributed by atoms with Gasteiger partial charge in [-0.25, -0.2) is 0 Å². The Hall–Kier alpha value is -2.27. The number of hydrogen-bond donors (Lipinski definition) is 5. The number of carbonyl (C=O) groups excluding carboxylic acids is 1. The molecule has 0 radical (unpaired) electrons. The van der Waals surface area contributed by atoms with E-state index in [0.29, 0.717) is 24.8 Å². The smallest absolute Gasteiger partial charge is 0.211 e.